The molecular weight excluding hydrogens is 370 g/mol. The van der Waals surface area contributed by atoms with Crippen LogP contribution in [-0.2, 0) is 4.79 Å². The Labute approximate surface area is 184 Å². The molecule has 166 valence electrons. The van der Waals surface area contributed by atoms with Gasteiger partial charge in [-0.15, -0.1) is 0 Å². The molecule has 1 amide bonds. The van der Waals surface area contributed by atoms with Gasteiger partial charge >= 0.3 is 0 Å². The summed E-state index contributed by atoms with van der Waals surface area (Å²) in [5.41, 5.74) is 10.6. The van der Waals surface area contributed by atoms with Crippen LogP contribution in [0.15, 0.2) is 64.8 Å². The summed E-state index contributed by atoms with van der Waals surface area (Å²) in [5, 5.41) is 3.61. The normalized spacial score (nSPS) is 13.1. The number of nitrogens with two attached hydrogens (primary N) is 1. The Morgan fingerprint density at radius 1 is 1.17 bits per heavy atom. The summed E-state index contributed by atoms with van der Waals surface area (Å²) in [6.45, 7) is 12.8. The summed E-state index contributed by atoms with van der Waals surface area (Å²) < 4.78 is 0. The van der Waals surface area contributed by atoms with Crippen LogP contribution in [0.4, 0.5) is 5.69 Å². The zero-order valence-corrected chi connectivity index (χ0v) is 19.7. The number of nitrogens with zero attached hydrogens (tertiary/aromatic N) is 1. The molecule has 0 aromatic heterocycles. The largest absolute Gasteiger partial charge is 0.382 e. The summed E-state index contributed by atoms with van der Waals surface area (Å²) in [7, 11) is 0. The number of amides is 1. The molecule has 0 spiro atoms. The van der Waals surface area contributed by atoms with E-state index in [1.165, 1.54) is 48.1 Å². The highest BCUT2D eigenvalue weighted by Gasteiger charge is 2.06. The lowest BCUT2D eigenvalue weighted by Crippen LogP contribution is -2.18. The van der Waals surface area contributed by atoms with Gasteiger partial charge in [-0.1, -0.05) is 68.2 Å². The van der Waals surface area contributed by atoms with Gasteiger partial charge in [0.25, 0.3) is 0 Å². The first-order valence-corrected chi connectivity index (χ1v) is 10.9. The number of anilines is 1. The zero-order valence-electron chi connectivity index (χ0n) is 19.7. The maximum Gasteiger partial charge on any atom is 0.204 e. The van der Waals surface area contributed by atoms with Crippen molar-refractivity contribution in [2.75, 3.05) is 5.32 Å². The number of nitrogens with one attached hydrogen (secondary N) is 1. The maximum atomic E-state index is 8.58. The van der Waals surface area contributed by atoms with E-state index in [-0.39, 0.29) is 6.41 Å². The Hall–Kier alpha value is -2.62. The van der Waals surface area contributed by atoms with Gasteiger partial charge in [-0.05, 0) is 64.7 Å². The van der Waals surface area contributed by atoms with E-state index in [1.807, 2.05) is 19.2 Å². The molecule has 0 fully saturated rings. The van der Waals surface area contributed by atoms with Gasteiger partial charge in [0, 0.05) is 23.6 Å². The van der Waals surface area contributed by atoms with Crippen molar-refractivity contribution in [3.8, 4) is 0 Å². The minimum absolute atomic E-state index is 0.250. The van der Waals surface area contributed by atoms with Gasteiger partial charge in [-0.2, -0.15) is 0 Å². The van der Waals surface area contributed by atoms with Crippen LogP contribution in [0.3, 0.4) is 0 Å². The van der Waals surface area contributed by atoms with Gasteiger partial charge in [0.15, 0.2) is 0 Å². The Balaban J connectivity index is 0.000000505. The predicted molar refractivity (Wildman–Crippen MR) is 133 cm³/mol. The second kappa shape index (κ2) is 17.3. The molecule has 0 unspecified atom stereocenters. The number of aryl methyl sites for hydroxylation is 1. The van der Waals surface area contributed by atoms with Crippen LogP contribution in [0.1, 0.15) is 72.3 Å². The Bertz CT molecular complexity index is 706. The topological polar surface area (TPSA) is 67.5 Å². The highest BCUT2D eigenvalue weighted by Crippen LogP contribution is 2.19. The fourth-order valence-electron chi connectivity index (χ4n) is 3.16. The van der Waals surface area contributed by atoms with Crippen LogP contribution in [0.2, 0.25) is 0 Å². The maximum absolute atomic E-state index is 8.58. The van der Waals surface area contributed by atoms with E-state index in [9.17, 15) is 0 Å². The highest BCUT2D eigenvalue weighted by atomic mass is 16.1. The van der Waals surface area contributed by atoms with Crippen LogP contribution >= 0.6 is 0 Å². The van der Waals surface area contributed by atoms with Gasteiger partial charge in [0.1, 0.15) is 0 Å². The van der Waals surface area contributed by atoms with Gasteiger partial charge in [0.2, 0.25) is 6.41 Å². The monoisotopic (exact) mass is 411 g/mol. The van der Waals surface area contributed by atoms with Gasteiger partial charge in [0.05, 0.1) is 0 Å². The molecule has 4 nitrogen and oxygen atoms in total. The Morgan fingerprint density at radius 2 is 1.73 bits per heavy atom. The lowest BCUT2D eigenvalue weighted by atomic mass is 10.1. The average molecular weight is 412 g/mol. The van der Waals surface area contributed by atoms with E-state index in [0.29, 0.717) is 6.04 Å². The van der Waals surface area contributed by atoms with Crippen LogP contribution in [0, 0.1) is 6.92 Å². The number of aliphatic imine (C=N–C) groups is 1. The van der Waals surface area contributed by atoms with E-state index < -0.39 is 0 Å². The number of primary amides is 1. The molecule has 1 aromatic carbocycles. The lowest BCUT2D eigenvalue weighted by Gasteiger charge is -2.18. The van der Waals surface area contributed by atoms with Crippen molar-refractivity contribution in [1.82, 2.24) is 0 Å². The first-order chi connectivity index (χ1) is 14.4. The number of benzene rings is 1. The van der Waals surface area contributed by atoms with Crippen LogP contribution in [0.5, 0.6) is 0 Å². The van der Waals surface area contributed by atoms with E-state index in [1.54, 1.807) is 0 Å². The van der Waals surface area contributed by atoms with Gasteiger partial charge in [-0.25, -0.2) is 0 Å². The summed E-state index contributed by atoms with van der Waals surface area (Å²) in [5.74, 6) is 0. The van der Waals surface area contributed by atoms with Crippen molar-refractivity contribution in [3.63, 3.8) is 0 Å². The molecule has 2 rings (SSSR count). The summed E-state index contributed by atoms with van der Waals surface area (Å²) in [6, 6.07) is 9.32. The van der Waals surface area contributed by atoms with Crippen LogP contribution in [-0.4, -0.2) is 18.2 Å². The number of hydrogen-bond donors (Lipinski definition) is 2. The third-order valence-corrected chi connectivity index (χ3v) is 4.67. The van der Waals surface area contributed by atoms with Crippen molar-refractivity contribution in [1.29, 1.82) is 0 Å². The van der Waals surface area contributed by atoms with E-state index in [0.717, 1.165) is 12.1 Å². The number of rotatable bonds is 8. The second-order valence-corrected chi connectivity index (χ2v) is 7.42. The van der Waals surface area contributed by atoms with E-state index in [2.05, 4.69) is 87.1 Å². The SMILES string of the molecule is C/C=C\N=C(C)C1=C(C)CC=C1.CCCC(CCC)Nc1ccc(C)cc1.NC=O. The fourth-order valence-corrected chi connectivity index (χ4v) is 3.16. The third-order valence-electron chi connectivity index (χ3n) is 4.67. The van der Waals surface area contributed by atoms with Crippen molar-refractivity contribution >= 4 is 17.8 Å². The van der Waals surface area contributed by atoms with Crippen LogP contribution < -0.4 is 11.1 Å². The molecule has 4 heteroatoms. The third kappa shape index (κ3) is 12.1. The molecule has 0 saturated carbocycles. The van der Waals surface area contributed by atoms with Crippen molar-refractivity contribution in [2.24, 2.45) is 10.7 Å². The molecule has 1 aromatic rings. The standard InChI is InChI=1S/C14H23N.C11H15N.CH3NO/c1-4-6-13(7-5-2)15-14-10-8-12(3)9-11-14;1-4-8-12-10(3)11-7-5-6-9(11)2;2-1-3/h8-11,13,15H,4-7H2,1-3H3;4-5,7-8H,6H2,1-3H3;1H,(H2,2,3)/b;8-4-,12-10?;. The van der Waals surface area contributed by atoms with Crippen molar-refractivity contribution < 1.29 is 4.79 Å². The molecular formula is C26H41N3O. The molecule has 0 heterocycles. The number of carbonyl (C=O) groups is 1. The molecule has 0 atom stereocenters. The molecule has 0 radical (unpaired) electrons. The number of carbonyl (C=O) groups excluding carboxylic acids is 1. The first kappa shape index (κ1) is 27.4. The van der Waals surface area contributed by atoms with Gasteiger partial charge < -0.3 is 11.1 Å². The number of hydrogen-bond acceptors (Lipinski definition) is 3. The fraction of sp³-hybridized carbons (Fsp3) is 0.462. The Morgan fingerprint density at radius 3 is 2.17 bits per heavy atom. The van der Waals surface area contributed by atoms with E-state index >= 15 is 0 Å². The molecule has 0 bridgehead atoms. The van der Waals surface area contributed by atoms with E-state index in [4.69, 9.17) is 4.79 Å². The number of allylic oxidation sites excluding steroid dienone is 5. The molecule has 30 heavy (non-hydrogen) atoms. The highest BCUT2D eigenvalue weighted by molar-refractivity contribution is 6.02. The van der Waals surface area contributed by atoms with Crippen molar-refractivity contribution in [2.45, 2.75) is 79.7 Å². The molecule has 3 N–H and O–H groups in total. The minimum Gasteiger partial charge on any atom is -0.382 e. The molecule has 1 aliphatic rings. The summed E-state index contributed by atoms with van der Waals surface area (Å²) in [4.78, 5) is 12.9. The smallest absolute Gasteiger partial charge is 0.204 e. The average Bonchev–Trinajstić information content (AvgIpc) is 3.15. The lowest BCUT2D eigenvalue weighted by molar-refractivity contribution is -0.106. The van der Waals surface area contributed by atoms with Crippen molar-refractivity contribution in [3.05, 3.63) is 65.4 Å². The Kier molecular flexibility index (Phi) is 15.7. The van der Waals surface area contributed by atoms with Gasteiger partial charge in [-0.3, -0.25) is 9.79 Å². The summed E-state index contributed by atoms with van der Waals surface area (Å²) >= 11 is 0. The molecule has 0 aliphatic heterocycles. The quantitative estimate of drug-likeness (QED) is 0.367. The predicted octanol–water partition coefficient (Wildman–Crippen LogP) is 6.73. The second-order valence-electron chi connectivity index (χ2n) is 7.42. The minimum atomic E-state index is 0.250. The zero-order chi connectivity index (χ0) is 22.8. The summed E-state index contributed by atoms with van der Waals surface area (Å²) in [6.07, 6.45) is 14.5. The van der Waals surface area contributed by atoms with Crippen LogP contribution in [0.25, 0.3) is 0 Å². The molecule has 0 saturated heterocycles. The first-order valence-electron chi connectivity index (χ1n) is 10.9. The molecule has 1 aliphatic carbocycles.